The molecule has 3 aliphatic heterocycles. The van der Waals surface area contributed by atoms with Crippen molar-refractivity contribution in [3.63, 3.8) is 0 Å². The summed E-state index contributed by atoms with van der Waals surface area (Å²) in [6.45, 7) is 0.713. The van der Waals surface area contributed by atoms with E-state index in [4.69, 9.17) is 33.7 Å². The number of nitrogens with two attached hydrogens (primary N) is 1. The van der Waals surface area contributed by atoms with E-state index in [1.165, 1.54) is 10.9 Å². The number of ether oxygens (including phenoxy) is 4. The zero-order valence-corrected chi connectivity index (χ0v) is 33.2. The van der Waals surface area contributed by atoms with Gasteiger partial charge < -0.3 is 33.7 Å². The molecule has 0 radical (unpaired) electrons. The van der Waals surface area contributed by atoms with E-state index in [-0.39, 0.29) is 35.7 Å². The molecule has 0 aliphatic carbocycles. The van der Waals surface area contributed by atoms with Gasteiger partial charge in [0.05, 0.1) is 43.7 Å². The van der Waals surface area contributed by atoms with Crippen molar-refractivity contribution in [2.45, 2.75) is 60.3 Å². The highest BCUT2D eigenvalue weighted by Gasteiger charge is 2.51. The third kappa shape index (κ3) is 7.93. The highest BCUT2D eigenvalue weighted by atomic mass is 32.2. The van der Waals surface area contributed by atoms with Crippen LogP contribution in [-0.4, -0.2) is 85.1 Å². The Kier molecular flexibility index (Phi) is 11.4. The standard InChI is InChI=1S/C41H44N5O9PS/c1-50-31-19-15-29(16-20-31)41(28-10-5-3-6-11-28,30-17-21-32(51-2)22-18-30)52-25-36-35(24-38(53-36)45-27-43-39(42)44-40(45)47)54-56-46-23-9-14-34(46)37(55-56)26-57(48,49)33-12-7-4-8-13-33/h3-8,10-13,15-22,27,34-38H,9,14,23-26H2,1-2H3,(H2,42,44,47)/t34-,35-,36+,37+,38+,56-/m0/s1. The minimum atomic E-state index is -3.63. The van der Waals surface area contributed by atoms with E-state index in [9.17, 15) is 13.2 Å². The average Bonchev–Trinajstić information content (AvgIpc) is 3.96. The molecule has 0 bridgehead atoms. The van der Waals surface area contributed by atoms with Crippen LogP contribution >= 0.6 is 8.53 Å². The fourth-order valence-corrected chi connectivity index (χ4v) is 11.4. The van der Waals surface area contributed by atoms with Crippen LogP contribution < -0.4 is 20.9 Å². The van der Waals surface area contributed by atoms with Gasteiger partial charge in [-0.05, 0) is 65.9 Å². The lowest BCUT2D eigenvalue weighted by molar-refractivity contribution is -0.0921. The molecule has 3 aliphatic rings. The van der Waals surface area contributed by atoms with Crippen LogP contribution in [0.1, 0.15) is 42.2 Å². The maximum absolute atomic E-state index is 13.5. The fraction of sp³-hybridized carbons (Fsp3) is 0.341. The molecule has 0 amide bonds. The predicted molar refractivity (Wildman–Crippen MR) is 212 cm³/mol. The molecule has 8 rings (SSSR count). The summed E-state index contributed by atoms with van der Waals surface area (Å²) in [6.07, 6.45) is 0.460. The Balaban J connectivity index is 1.13. The molecule has 3 saturated heterocycles. The van der Waals surface area contributed by atoms with Crippen LogP contribution in [0.3, 0.4) is 0 Å². The normalized spacial score (nSPS) is 23.7. The van der Waals surface area contributed by atoms with Gasteiger partial charge in [0.25, 0.3) is 8.53 Å². The molecule has 0 saturated carbocycles. The number of hydrogen-bond acceptors (Lipinski definition) is 13. The average molecular weight is 814 g/mol. The lowest BCUT2D eigenvalue weighted by atomic mass is 9.80. The lowest BCUT2D eigenvalue weighted by Crippen LogP contribution is -2.38. The second-order valence-electron chi connectivity index (χ2n) is 14.1. The van der Waals surface area contributed by atoms with Gasteiger partial charge >= 0.3 is 5.69 Å². The minimum absolute atomic E-state index is 0.0110. The van der Waals surface area contributed by atoms with Gasteiger partial charge in [-0.3, -0.25) is 4.57 Å². The smallest absolute Gasteiger partial charge is 0.354 e. The Hall–Kier alpha value is -4.73. The summed E-state index contributed by atoms with van der Waals surface area (Å²) in [5.41, 5.74) is 6.49. The summed E-state index contributed by atoms with van der Waals surface area (Å²) in [5, 5.41) is 0. The maximum Gasteiger partial charge on any atom is 0.354 e. The van der Waals surface area contributed by atoms with Crippen molar-refractivity contribution in [2.75, 3.05) is 38.9 Å². The number of anilines is 1. The van der Waals surface area contributed by atoms with Crippen molar-refractivity contribution >= 4 is 24.3 Å². The summed E-state index contributed by atoms with van der Waals surface area (Å²) in [6, 6.07) is 33.7. The van der Waals surface area contributed by atoms with E-state index < -0.39 is 54.2 Å². The first-order valence-electron chi connectivity index (χ1n) is 18.7. The zero-order chi connectivity index (χ0) is 39.6. The van der Waals surface area contributed by atoms with Crippen LogP contribution in [0.2, 0.25) is 0 Å². The molecular formula is C41H44N5O9PS. The van der Waals surface area contributed by atoms with Crippen LogP contribution in [0.15, 0.2) is 125 Å². The van der Waals surface area contributed by atoms with Gasteiger partial charge in [-0.25, -0.2) is 22.9 Å². The summed E-state index contributed by atoms with van der Waals surface area (Å²) >= 11 is 0. The number of benzene rings is 4. The third-order valence-electron chi connectivity index (χ3n) is 10.7. The second-order valence-corrected chi connectivity index (χ2v) is 17.5. The molecule has 0 spiro atoms. The van der Waals surface area contributed by atoms with Crippen molar-refractivity contribution in [1.29, 1.82) is 0 Å². The van der Waals surface area contributed by atoms with Gasteiger partial charge in [0.1, 0.15) is 35.8 Å². The van der Waals surface area contributed by atoms with Crippen molar-refractivity contribution in [3.8, 4) is 11.5 Å². The van der Waals surface area contributed by atoms with Gasteiger partial charge in [-0.15, -0.1) is 0 Å². The minimum Gasteiger partial charge on any atom is -0.497 e. The van der Waals surface area contributed by atoms with Crippen LogP contribution in [0.5, 0.6) is 11.5 Å². The van der Waals surface area contributed by atoms with Gasteiger partial charge in [-0.2, -0.15) is 4.98 Å². The van der Waals surface area contributed by atoms with E-state index >= 15 is 0 Å². The molecule has 6 atom stereocenters. The van der Waals surface area contributed by atoms with Crippen molar-refractivity contribution in [3.05, 3.63) is 143 Å². The molecule has 298 valence electrons. The number of sulfone groups is 1. The van der Waals surface area contributed by atoms with Gasteiger partial charge in [-0.1, -0.05) is 72.8 Å². The molecule has 3 fully saturated rings. The monoisotopic (exact) mass is 813 g/mol. The summed E-state index contributed by atoms with van der Waals surface area (Å²) in [7, 11) is -2.09. The summed E-state index contributed by atoms with van der Waals surface area (Å²) in [4.78, 5) is 21.2. The zero-order valence-electron chi connectivity index (χ0n) is 31.5. The van der Waals surface area contributed by atoms with Gasteiger partial charge in [0.15, 0.2) is 9.84 Å². The number of fused-ring (bicyclic) bond motifs is 1. The first-order chi connectivity index (χ1) is 27.7. The number of methoxy groups -OCH3 is 2. The second kappa shape index (κ2) is 16.6. The number of aromatic nitrogens is 3. The summed E-state index contributed by atoms with van der Waals surface area (Å²) < 4.78 is 68.7. The molecule has 2 N–H and O–H groups in total. The maximum atomic E-state index is 13.5. The van der Waals surface area contributed by atoms with Crippen molar-refractivity contribution in [1.82, 2.24) is 19.2 Å². The molecule has 16 heteroatoms. The SMILES string of the molecule is COc1ccc(C(OC[C@H]2O[C@@H](n3cnc(N)nc3=O)C[C@@H]2O[P@@]2O[C@H](CS(=O)(=O)c3ccccc3)[C@@H]3CCCN32)(c2ccccc2)c2ccc(OC)cc2)cc1. The first kappa shape index (κ1) is 39.1. The Morgan fingerprint density at radius 2 is 1.47 bits per heavy atom. The highest BCUT2D eigenvalue weighted by Crippen LogP contribution is 2.58. The van der Waals surface area contributed by atoms with Crippen LogP contribution in [0, 0.1) is 0 Å². The quantitative estimate of drug-likeness (QED) is 0.111. The first-order valence-corrected chi connectivity index (χ1v) is 21.5. The molecule has 5 aromatic rings. The van der Waals surface area contributed by atoms with E-state index in [1.807, 2.05) is 78.9 Å². The lowest BCUT2D eigenvalue weighted by Gasteiger charge is -2.37. The molecule has 14 nitrogen and oxygen atoms in total. The molecule has 57 heavy (non-hydrogen) atoms. The van der Waals surface area contributed by atoms with Crippen LogP contribution in [0.4, 0.5) is 5.95 Å². The molecular weight excluding hydrogens is 770 g/mol. The van der Waals surface area contributed by atoms with Crippen molar-refractivity contribution in [2.24, 2.45) is 0 Å². The molecule has 1 aromatic heterocycles. The Labute approximate surface area is 332 Å². The fourth-order valence-electron chi connectivity index (χ4n) is 7.85. The molecule has 4 aromatic carbocycles. The molecule has 4 heterocycles. The Morgan fingerprint density at radius 3 is 2.09 bits per heavy atom. The summed E-state index contributed by atoms with van der Waals surface area (Å²) in [5.74, 6) is 1.07. The third-order valence-corrected chi connectivity index (χ3v) is 14.3. The largest absolute Gasteiger partial charge is 0.497 e. The predicted octanol–water partition coefficient (Wildman–Crippen LogP) is 5.48. The van der Waals surface area contributed by atoms with E-state index in [1.54, 1.807) is 44.6 Å². The highest BCUT2D eigenvalue weighted by molar-refractivity contribution is 7.91. The van der Waals surface area contributed by atoms with Gasteiger partial charge in [0, 0.05) is 19.0 Å². The number of hydrogen-bond donors (Lipinski definition) is 1. The van der Waals surface area contributed by atoms with Crippen molar-refractivity contribution < 1.29 is 36.4 Å². The van der Waals surface area contributed by atoms with E-state index in [0.29, 0.717) is 18.0 Å². The van der Waals surface area contributed by atoms with Crippen LogP contribution in [-0.2, 0) is 34.0 Å². The Bertz CT molecular complexity index is 2260. The topological polar surface area (TPSA) is 167 Å². The molecule has 0 unspecified atom stereocenters. The van der Waals surface area contributed by atoms with Crippen LogP contribution in [0.25, 0.3) is 0 Å². The number of nitrogen functional groups attached to an aromatic ring is 1. The van der Waals surface area contributed by atoms with Gasteiger partial charge in [0.2, 0.25) is 5.95 Å². The Morgan fingerprint density at radius 1 is 0.860 bits per heavy atom. The van der Waals surface area contributed by atoms with E-state index in [2.05, 4.69) is 14.6 Å². The number of nitrogens with zero attached hydrogens (tertiary/aromatic N) is 4. The van der Waals surface area contributed by atoms with E-state index in [0.717, 1.165) is 29.5 Å². The number of rotatable bonds is 14.